The van der Waals surface area contributed by atoms with Crippen LogP contribution in [0.25, 0.3) is 0 Å². The van der Waals surface area contributed by atoms with Crippen molar-refractivity contribution < 1.29 is 13.6 Å². The molecule has 134 valence electrons. The van der Waals surface area contributed by atoms with E-state index in [9.17, 15) is 13.6 Å². The number of hydrogen-bond donors (Lipinski definition) is 2. The molecule has 1 aromatic carbocycles. The predicted molar refractivity (Wildman–Crippen MR) is 95.9 cm³/mol. The third-order valence-electron chi connectivity index (χ3n) is 3.58. The lowest BCUT2D eigenvalue weighted by Crippen LogP contribution is -2.14. The molecular formula is C17H15F2N5OS. The Hall–Kier alpha value is -2.94. The van der Waals surface area contributed by atoms with E-state index >= 15 is 0 Å². The molecule has 0 unspecified atom stereocenters. The monoisotopic (exact) mass is 375 g/mol. The minimum atomic E-state index is -1.03. The first-order chi connectivity index (χ1) is 12.5. The summed E-state index contributed by atoms with van der Waals surface area (Å²) in [6, 6.07) is 3.16. The number of anilines is 3. The first kappa shape index (κ1) is 17.9. The molecule has 0 radical (unpaired) electrons. The van der Waals surface area contributed by atoms with Crippen LogP contribution in [0.2, 0.25) is 0 Å². The fourth-order valence-electron chi connectivity index (χ4n) is 2.21. The summed E-state index contributed by atoms with van der Waals surface area (Å²) in [5, 5.41) is 6.05. The summed E-state index contributed by atoms with van der Waals surface area (Å²) < 4.78 is 30.5. The number of carbonyl (C=O) groups excluding carboxylic acids is 1. The third-order valence-corrected chi connectivity index (χ3v) is 4.43. The van der Waals surface area contributed by atoms with E-state index in [1.54, 1.807) is 19.3 Å². The van der Waals surface area contributed by atoms with Gasteiger partial charge in [-0.2, -0.15) is 4.37 Å². The van der Waals surface area contributed by atoms with Crippen molar-refractivity contribution >= 4 is 33.9 Å². The Bertz CT molecular complexity index is 943. The summed E-state index contributed by atoms with van der Waals surface area (Å²) in [6.45, 7) is 3.66. The lowest BCUT2D eigenvalue weighted by Gasteiger charge is -2.08. The number of hydrogen-bond acceptors (Lipinski definition) is 6. The highest BCUT2D eigenvalue weighted by molar-refractivity contribution is 7.10. The van der Waals surface area contributed by atoms with Crippen LogP contribution in [0, 0.1) is 18.6 Å². The number of amides is 1. The van der Waals surface area contributed by atoms with E-state index in [4.69, 9.17) is 0 Å². The van der Waals surface area contributed by atoms with Gasteiger partial charge in [-0.05, 0) is 37.0 Å². The zero-order valence-corrected chi connectivity index (χ0v) is 14.8. The number of halogens is 2. The molecule has 1 amide bonds. The smallest absolute Gasteiger partial charge is 0.260 e. The first-order valence-electron chi connectivity index (χ1n) is 7.78. The molecule has 3 aromatic rings. The van der Waals surface area contributed by atoms with Gasteiger partial charge < -0.3 is 10.6 Å². The van der Waals surface area contributed by atoms with Crippen molar-refractivity contribution in [1.29, 1.82) is 0 Å². The lowest BCUT2D eigenvalue weighted by molar-refractivity contribution is 0.102. The Balaban J connectivity index is 1.81. The molecule has 2 N–H and O–H groups in total. The fraction of sp³-hybridized carbons (Fsp3) is 0.176. The molecule has 2 heterocycles. The quantitative estimate of drug-likeness (QED) is 0.702. The Morgan fingerprint density at radius 1 is 1.19 bits per heavy atom. The second-order valence-corrected chi connectivity index (χ2v) is 6.20. The standard InChI is InChI=1S/C17H15F2N5OS/c1-3-10-7-21-14(8-20-10)23-17-15(9(2)24-26-17)16(25)22-11-4-5-12(18)13(19)6-11/h4-8H,3H2,1-2H3,(H,21,23)(H,22,25). The Labute approximate surface area is 152 Å². The van der Waals surface area contributed by atoms with Gasteiger partial charge in [0.25, 0.3) is 5.91 Å². The van der Waals surface area contributed by atoms with Crippen molar-refractivity contribution in [2.45, 2.75) is 20.3 Å². The van der Waals surface area contributed by atoms with Gasteiger partial charge in [0.15, 0.2) is 11.6 Å². The molecule has 26 heavy (non-hydrogen) atoms. The van der Waals surface area contributed by atoms with Gasteiger partial charge in [-0.15, -0.1) is 0 Å². The molecule has 0 aliphatic carbocycles. The third kappa shape index (κ3) is 3.83. The van der Waals surface area contributed by atoms with Gasteiger partial charge in [0.05, 0.1) is 29.3 Å². The molecule has 0 aliphatic rings. The van der Waals surface area contributed by atoms with Gasteiger partial charge in [-0.1, -0.05) is 6.92 Å². The maximum Gasteiger partial charge on any atom is 0.260 e. The van der Waals surface area contributed by atoms with Gasteiger partial charge in [0.2, 0.25) is 0 Å². The predicted octanol–water partition coefficient (Wildman–Crippen LogP) is 4.08. The second-order valence-electron chi connectivity index (χ2n) is 5.43. The van der Waals surface area contributed by atoms with E-state index in [1.165, 1.54) is 6.07 Å². The largest absolute Gasteiger partial charge is 0.329 e. The van der Waals surface area contributed by atoms with E-state index in [1.807, 2.05) is 6.92 Å². The highest BCUT2D eigenvalue weighted by atomic mass is 32.1. The molecule has 0 aliphatic heterocycles. The first-order valence-corrected chi connectivity index (χ1v) is 8.56. The van der Waals surface area contributed by atoms with E-state index < -0.39 is 17.5 Å². The van der Waals surface area contributed by atoms with Crippen molar-refractivity contribution in [2.75, 3.05) is 10.6 Å². The molecule has 0 atom stereocenters. The average molecular weight is 375 g/mol. The van der Waals surface area contributed by atoms with Crippen LogP contribution < -0.4 is 10.6 Å². The lowest BCUT2D eigenvalue weighted by atomic mass is 10.2. The fourth-order valence-corrected chi connectivity index (χ4v) is 3.01. The van der Waals surface area contributed by atoms with Gasteiger partial charge in [0, 0.05) is 11.8 Å². The number of rotatable bonds is 5. The highest BCUT2D eigenvalue weighted by Crippen LogP contribution is 2.28. The van der Waals surface area contributed by atoms with Crippen LogP contribution in [0.15, 0.2) is 30.6 Å². The van der Waals surface area contributed by atoms with Gasteiger partial charge in [-0.3, -0.25) is 9.78 Å². The number of nitrogens with one attached hydrogen (secondary N) is 2. The molecule has 0 spiro atoms. The Morgan fingerprint density at radius 3 is 2.65 bits per heavy atom. The van der Waals surface area contributed by atoms with Crippen molar-refractivity contribution in [3.05, 3.63) is 59.2 Å². The molecule has 0 saturated carbocycles. The highest BCUT2D eigenvalue weighted by Gasteiger charge is 2.19. The van der Waals surface area contributed by atoms with E-state index in [0.717, 1.165) is 35.8 Å². The van der Waals surface area contributed by atoms with Crippen molar-refractivity contribution in [3.63, 3.8) is 0 Å². The minimum absolute atomic E-state index is 0.151. The molecule has 0 bridgehead atoms. The van der Waals surface area contributed by atoms with E-state index in [-0.39, 0.29) is 5.69 Å². The summed E-state index contributed by atoms with van der Waals surface area (Å²) in [6.07, 6.45) is 4.00. The summed E-state index contributed by atoms with van der Waals surface area (Å²) in [5.74, 6) is -2.02. The van der Waals surface area contributed by atoms with Crippen molar-refractivity contribution in [3.8, 4) is 0 Å². The summed E-state index contributed by atoms with van der Waals surface area (Å²) in [4.78, 5) is 21.1. The van der Waals surface area contributed by atoms with Crippen LogP contribution in [0.1, 0.15) is 28.7 Å². The molecule has 9 heteroatoms. The number of aromatic nitrogens is 3. The van der Waals surface area contributed by atoms with Crippen molar-refractivity contribution in [2.24, 2.45) is 0 Å². The molecular weight excluding hydrogens is 360 g/mol. The number of aryl methyl sites for hydroxylation is 2. The summed E-state index contributed by atoms with van der Waals surface area (Å²) in [5.41, 5.74) is 1.82. The number of benzene rings is 1. The van der Waals surface area contributed by atoms with Crippen LogP contribution in [-0.4, -0.2) is 20.2 Å². The van der Waals surface area contributed by atoms with Crippen molar-refractivity contribution in [1.82, 2.24) is 14.3 Å². The average Bonchev–Trinajstić information content (AvgIpc) is 2.99. The SMILES string of the molecule is CCc1cnc(Nc2snc(C)c2C(=O)Nc2ccc(F)c(F)c2)cn1. The van der Waals surface area contributed by atoms with Crippen LogP contribution in [0.3, 0.4) is 0 Å². The zero-order chi connectivity index (χ0) is 18.7. The number of carbonyl (C=O) groups is 1. The van der Waals surface area contributed by atoms with Crippen LogP contribution in [0.4, 0.5) is 25.3 Å². The Kier molecular flexibility index (Phi) is 5.17. The minimum Gasteiger partial charge on any atom is -0.329 e. The van der Waals surface area contributed by atoms with Crippen LogP contribution in [-0.2, 0) is 6.42 Å². The molecule has 6 nitrogen and oxygen atoms in total. The summed E-state index contributed by atoms with van der Waals surface area (Å²) in [7, 11) is 0. The maximum absolute atomic E-state index is 13.3. The van der Waals surface area contributed by atoms with E-state index in [0.29, 0.717) is 22.1 Å². The molecule has 0 fully saturated rings. The van der Waals surface area contributed by atoms with Crippen LogP contribution >= 0.6 is 11.5 Å². The Morgan fingerprint density at radius 2 is 2.00 bits per heavy atom. The van der Waals surface area contributed by atoms with Gasteiger partial charge in [0.1, 0.15) is 10.8 Å². The maximum atomic E-state index is 13.3. The van der Waals surface area contributed by atoms with Gasteiger partial charge >= 0.3 is 0 Å². The van der Waals surface area contributed by atoms with E-state index in [2.05, 4.69) is 25.0 Å². The molecule has 2 aromatic heterocycles. The molecule has 0 saturated heterocycles. The normalized spacial score (nSPS) is 10.6. The zero-order valence-electron chi connectivity index (χ0n) is 14.0. The molecule has 3 rings (SSSR count). The summed E-state index contributed by atoms with van der Waals surface area (Å²) >= 11 is 1.10. The van der Waals surface area contributed by atoms with Crippen LogP contribution in [0.5, 0.6) is 0 Å². The van der Waals surface area contributed by atoms with Gasteiger partial charge in [-0.25, -0.2) is 13.8 Å². The topological polar surface area (TPSA) is 79.8 Å². The number of nitrogens with zero attached hydrogens (tertiary/aromatic N) is 3. The second kappa shape index (κ2) is 7.52.